The van der Waals surface area contributed by atoms with E-state index in [2.05, 4.69) is 0 Å². The van der Waals surface area contributed by atoms with E-state index < -0.39 is 24.4 Å². The van der Waals surface area contributed by atoms with Crippen molar-refractivity contribution in [1.82, 2.24) is 0 Å². The molecule has 0 amide bonds. The zero-order valence-electron chi connectivity index (χ0n) is 5.90. The molecule has 0 spiro atoms. The Balaban J connectivity index is 2.80. The van der Waals surface area contributed by atoms with Crippen LogP contribution in [0.25, 0.3) is 0 Å². The maximum atomic E-state index is 9.46. The predicted octanol–water partition coefficient (Wildman–Crippen LogP) is -1.90. The van der Waals surface area contributed by atoms with Gasteiger partial charge in [-0.1, -0.05) is 5.92 Å². The fourth-order valence-electron chi connectivity index (χ4n) is 1.06. The minimum atomic E-state index is -1.73. The minimum absolute atomic E-state index is 0.0358. The summed E-state index contributed by atoms with van der Waals surface area (Å²) >= 11 is 0. The zero-order chi connectivity index (χ0) is 8.48. The predicted molar refractivity (Wildman–Crippen MR) is 36.6 cm³/mol. The van der Waals surface area contributed by atoms with Crippen LogP contribution in [0.3, 0.4) is 0 Å². The van der Waals surface area contributed by atoms with Crippen LogP contribution in [0.15, 0.2) is 0 Å². The third-order valence-corrected chi connectivity index (χ3v) is 1.85. The van der Waals surface area contributed by atoms with Crippen LogP contribution in [-0.2, 0) is 4.74 Å². The number of rotatable bonds is 1. The Morgan fingerprint density at radius 1 is 1.73 bits per heavy atom. The average molecular weight is 158 g/mol. The molecule has 1 rings (SSSR count). The smallest absolute Gasteiger partial charge is 0.181 e. The van der Waals surface area contributed by atoms with E-state index in [0.29, 0.717) is 0 Å². The lowest BCUT2D eigenvalue weighted by Crippen LogP contribution is -2.47. The number of hydrogen-bond acceptors (Lipinski definition) is 4. The maximum absolute atomic E-state index is 9.46. The Hall–Kier alpha value is -0.600. The summed E-state index contributed by atoms with van der Waals surface area (Å²) in [5, 5.41) is 27.2. The molecular weight excluding hydrogens is 148 g/mol. The molecule has 0 bridgehead atoms. The second kappa shape index (κ2) is 2.80. The van der Waals surface area contributed by atoms with E-state index in [1.807, 2.05) is 5.92 Å². The lowest BCUT2D eigenvalue weighted by atomic mass is 9.95. The van der Waals surface area contributed by atoms with Gasteiger partial charge in [-0.15, -0.1) is 6.42 Å². The number of ether oxygens (including phenoxy) is 1. The first-order chi connectivity index (χ1) is 5.15. The molecule has 0 saturated carbocycles. The highest BCUT2D eigenvalue weighted by molar-refractivity contribution is 5.18. The van der Waals surface area contributed by atoms with Gasteiger partial charge in [0.15, 0.2) is 5.60 Å². The summed E-state index contributed by atoms with van der Waals surface area (Å²) < 4.78 is 4.83. The molecule has 1 aliphatic rings. The second-order valence-electron chi connectivity index (χ2n) is 2.49. The van der Waals surface area contributed by atoms with Gasteiger partial charge in [0, 0.05) is 0 Å². The molecule has 0 aliphatic carbocycles. The molecule has 62 valence electrons. The third-order valence-electron chi connectivity index (χ3n) is 1.85. The van der Waals surface area contributed by atoms with Gasteiger partial charge in [0.25, 0.3) is 0 Å². The summed E-state index contributed by atoms with van der Waals surface area (Å²) in [6.07, 6.45) is 2.99. The van der Waals surface area contributed by atoms with Crippen LogP contribution in [0.5, 0.6) is 0 Å². The highest BCUT2D eigenvalue weighted by Gasteiger charge is 2.48. The van der Waals surface area contributed by atoms with E-state index in [-0.39, 0.29) is 6.61 Å². The Morgan fingerprint density at radius 2 is 2.36 bits per heavy atom. The molecule has 11 heavy (non-hydrogen) atoms. The van der Waals surface area contributed by atoms with E-state index in [9.17, 15) is 5.11 Å². The van der Waals surface area contributed by atoms with Gasteiger partial charge < -0.3 is 20.1 Å². The first-order valence-corrected chi connectivity index (χ1v) is 3.25. The Bertz CT molecular complexity index is 185. The van der Waals surface area contributed by atoms with Crippen LogP contribution in [0.1, 0.15) is 0 Å². The molecule has 0 aromatic rings. The number of aliphatic hydroxyl groups is 3. The summed E-state index contributed by atoms with van der Waals surface area (Å²) in [6, 6.07) is 0. The van der Waals surface area contributed by atoms with Crippen molar-refractivity contribution in [3.8, 4) is 12.3 Å². The SMILES string of the molecule is C#C[C@]1(O)[C@@H](O)CO[C@@H]1CO. The van der Waals surface area contributed by atoms with E-state index in [1.54, 1.807) is 0 Å². The van der Waals surface area contributed by atoms with Crippen molar-refractivity contribution in [2.24, 2.45) is 0 Å². The van der Waals surface area contributed by atoms with Crippen molar-refractivity contribution >= 4 is 0 Å². The summed E-state index contributed by atoms with van der Waals surface area (Å²) in [5.74, 6) is 2.01. The first-order valence-electron chi connectivity index (χ1n) is 3.25. The molecule has 1 fully saturated rings. The van der Waals surface area contributed by atoms with Crippen LogP contribution in [0.4, 0.5) is 0 Å². The largest absolute Gasteiger partial charge is 0.394 e. The summed E-state index contributed by atoms with van der Waals surface area (Å²) in [7, 11) is 0. The van der Waals surface area contributed by atoms with Crippen molar-refractivity contribution in [2.45, 2.75) is 17.8 Å². The van der Waals surface area contributed by atoms with Crippen LogP contribution in [-0.4, -0.2) is 46.3 Å². The van der Waals surface area contributed by atoms with Gasteiger partial charge in [0.05, 0.1) is 13.2 Å². The molecule has 1 saturated heterocycles. The highest BCUT2D eigenvalue weighted by Crippen LogP contribution is 2.25. The molecule has 1 aliphatic heterocycles. The fraction of sp³-hybridized carbons (Fsp3) is 0.714. The van der Waals surface area contributed by atoms with Crippen molar-refractivity contribution in [1.29, 1.82) is 0 Å². The normalized spacial score (nSPS) is 43.8. The maximum Gasteiger partial charge on any atom is 0.181 e. The Morgan fingerprint density at radius 3 is 2.73 bits per heavy atom. The molecule has 4 nitrogen and oxygen atoms in total. The van der Waals surface area contributed by atoms with Gasteiger partial charge in [0.2, 0.25) is 0 Å². The van der Waals surface area contributed by atoms with Crippen molar-refractivity contribution in [2.75, 3.05) is 13.2 Å². The van der Waals surface area contributed by atoms with Gasteiger partial charge in [-0.05, 0) is 0 Å². The average Bonchev–Trinajstić information content (AvgIpc) is 2.30. The fourth-order valence-corrected chi connectivity index (χ4v) is 1.06. The van der Waals surface area contributed by atoms with Crippen LogP contribution in [0.2, 0.25) is 0 Å². The highest BCUT2D eigenvalue weighted by atomic mass is 16.5. The molecule has 0 radical (unpaired) electrons. The Kier molecular flexibility index (Phi) is 2.16. The summed E-state index contributed by atoms with van der Waals surface area (Å²) in [5.41, 5.74) is -1.73. The third kappa shape index (κ3) is 1.12. The van der Waals surface area contributed by atoms with Gasteiger partial charge >= 0.3 is 0 Å². The van der Waals surface area contributed by atoms with Crippen LogP contribution >= 0.6 is 0 Å². The van der Waals surface area contributed by atoms with Crippen molar-refractivity contribution in [3.05, 3.63) is 0 Å². The van der Waals surface area contributed by atoms with Crippen LogP contribution in [0, 0.1) is 12.3 Å². The Labute approximate surface area is 64.4 Å². The van der Waals surface area contributed by atoms with E-state index >= 15 is 0 Å². The van der Waals surface area contributed by atoms with Gasteiger partial charge in [0.1, 0.15) is 12.2 Å². The molecule has 4 heteroatoms. The molecule has 0 aromatic carbocycles. The quantitative estimate of drug-likeness (QED) is 0.390. The standard InChI is InChI=1S/C7H10O4/c1-2-7(10)5(9)4-11-6(7)3-8/h1,5-6,8-10H,3-4H2/t5-,6+,7-/m0/s1. The van der Waals surface area contributed by atoms with E-state index in [0.717, 1.165) is 0 Å². The molecular formula is C7H10O4. The lowest BCUT2D eigenvalue weighted by molar-refractivity contribution is -0.0514. The van der Waals surface area contributed by atoms with Crippen molar-refractivity contribution in [3.63, 3.8) is 0 Å². The topological polar surface area (TPSA) is 69.9 Å². The summed E-state index contributed by atoms with van der Waals surface area (Å²) in [6.45, 7) is -0.427. The number of hydrogen-bond donors (Lipinski definition) is 3. The van der Waals surface area contributed by atoms with Crippen molar-refractivity contribution < 1.29 is 20.1 Å². The second-order valence-corrected chi connectivity index (χ2v) is 2.49. The number of terminal acetylenes is 1. The van der Waals surface area contributed by atoms with Crippen LogP contribution < -0.4 is 0 Å². The minimum Gasteiger partial charge on any atom is -0.394 e. The van der Waals surface area contributed by atoms with Gasteiger partial charge in [-0.3, -0.25) is 0 Å². The molecule has 1 heterocycles. The molecule has 3 atom stereocenters. The zero-order valence-corrected chi connectivity index (χ0v) is 5.90. The van der Waals surface area contributed by atoms with Gasteiger partial charge in [-0.25, -0.2) is 0 Å². The van der Waals surface area contributed by atoms with Gasteiger partial charge in [-0.2, -0.15) is 0 Å². The number of aliphatic hydroxyl groups excluding tert-OH is 2. The molecule has 3 N–H and O–H groups in total. The molecule has 0 unspecified atom stereocenters. The molecule has 0 aromatic heterocycles. The van der Waals surface area contributed by atoms with E-state index in [1.165, 1.54) is 0 Å². The lowest BCUT2D eigenvalue weighted by Gasteiger charge is -2.23. The monoisotopic (exact) mass is 158 g/mol. The van der Waals surface area contributed by atoms with E-state index in [4.69, 9.17) is 21.4 Å². The first kappa shape index (κ1) is 8.50. The summed E-state index contributed by atoms with van der Waals surface area (Å²) in [4.78, 5) is 0.